The van der Waals surface area contributed by atoms with Gasteiger partial charge in [-0.25, -0.2) is 15.0 Å². The van der Waals surface area contributed by atoms with E-state index in [2.05, 4.69) is 26.3 Å². The van der Waals surface area contributed by atoms with E-state index in [4.69, 9.17) is 21.6 Å². The lowest BCUT2D eigenvalue weighted by Crippen LogP contribution is -2.49. The summed E-state index contributed by atoms with van der Waals surface area (Å²) >= 11 is 5.90. The van der Waals surface area contributed by atoms with Gasteiger partial charge in [0.1, 0.15) is 10.7 Å². The summed E-state index contributed by atoms with van der Waals surface area (Å²) in [7, 11) is -1.07. The molecule has 162 valence electrons. The molecule has 0 spiro atoms. The number of hydrogen-bond acceptors (Lipinski definition) is 8. The second-order valence-electron chi connectivity index (χ2n) is 8.83. The maximum Gasteiger partial charge on any atom is 0.227 e. The highest BCUT2D eigenvalue weighted by atomic mass is 35.5. The molecule has 3 atom stereocenters. The fourth-order valence-corrected chi connectivity index (χ4v) is 6.59. The van der Waals surface area contributed by atoms with Crippen molar-refractivity contribution in [3.05, 3.63) is 35.0 Å². The molecule has 0 radical (unpaired) electrons. The highest BCUT2D eigenvalue weighted by molar-refractivity contribution is 7.86. The molecule has 8 nitrogen and oxygen atoms in total. The molecule has 2 saturated carbocycles. The third-order valence-corrected chi connectivity index (χ3v) is 8.91. The van der Waals surface area contributed by atoms with Crippen molar-refractivity contribution in [2.24, 2.45) is 0 Å². The Bertz CT molecular complexity index is 1100. The first-order valence-electron chi connectivity index (χ1n) is 10.7. The van der Waals surface area contributed by atoms with Gasteiger partial charge in [-0.1, -0.05) is 17.7 Å². The number of aliphatic hydroxyl groups is 1. The number of halogens is 1. The molecule has 0 aromatic carbocycles. The maximum atomic E-state index is 12.9. The SMILES string of the molecule is O=[S@]1c2c(NC3(CO)CCC3)nc(N3CC=C(c4ncc(Cl)cn4)CC3)nc2C2CC21. The molecular formula is C21H23ClN6O2S. The summed E-state index contributed by atoms with van der Waals surface area (Å²) < 4.78 is 12.9. The number of rotatable bonds is 5. The maximum absolute atomic E-state index is 12.9. The minimum atomic E-state index is -1.07. The van der Waals surface area contributed by atoms with E-state index in [1.807, 2.05) is 0 Å². The van der Waals surface area contributed by atoms with Crippen LogP contribution >= 0.6 is 11.6 Å². The zero-order valence-electron chi connectivity index (χ0n) is 16.9. The summed E-state index contributed by atoms with van der Waals surface area (Å²) in [6, 6.07) is 0. The van der Waals surface area contributed by atoms with Gasteiger partial charge in [-0.05, 0) is 37.7 Å². The van der Waals surface area contributed by atoms with E-state index in [0.29, 0.717) is 29.2 Å². The van der Waals surface area contributed by atoms with Gasteiger partial charge in [0.25, 0.3) is 0 Å². The van der Waals surface area contributed by atoms with Crippen LogP contribution in [0, 0.1) is 0 Å². The summed E-state index contributed by atoms with van der Waals surface area (Å²) in [5.74, 6) is 2.29. The Morgan fingerprint density at radius 1 is 1.29 bits per heavy atom. The van der Waals surface area contributed by atoms with Gasteiger partial charge in [-0.3, -0.25) is 4.21 Å². The van der Waals surface area contributed by atoms with Gasteiger partial charge in [0, 0.05) is 36.7 Å². The molecule has 0 bridgehead atoms. The molecule has 31 heavy (non-hydrogen) atoms. The zero-order valence-corrected chi connectivity index (χ0v) is 18.5. The Morgan fingerprint density at radius 3 is 2.74 bits per heavy atom. The summed E-state index contributed by atoms with van der Waals surface area (Å²) in [6.07, 6.45) is 9.93. The molecule has 0 saturated heterocycles. The number of anilines is 2. The van der Waals surface area contributed by atoms with Crippen LogP contribution in [0.2, 0.25) is 5.02 Å². The highest BCUT2D eigenvalue weighted by Gasteiger charge is 2.54. The number of hydrogen-bond donors (Lipinski definition) is 2. The minimum Gasteiger partial charge on any atom is -0.394 e. The lowest BCUT2D eigenvalue weighted by Gasteiger charge is -2.41. The molecule has 2 aliphatic heterocycles. The number of nitrogens with zero attached hydrogens (tertiary/aromatic N) is 5. The minimum absolute atomic E-state index is 0.0531. The van der Waals surface area contributed by atoms with Crippen LogP contribution in [0.15, 0.2) is 23.4 Å². The molecule has 2 unspecified atom stereocenters. The third-order valence-electron chi connectivity index (χ3n) is 6.84. The van der Waals surface area contributed by atoms with Crippen LogP contribution in [-0.2, 0) is 10.8 Å². The molecule has 2 fully saturated rings. The lowest BCUT2D eigenvalue weighted by molar-refractivity contribution is 0.143. The van der Waals surface area contributed by atoms with E-state index in [1.54, 1.807) is 12.4 Å². The van der Waals surface area contributed by atoms with E-state index in [1.165, 1.54) is 0 Å². The Labute approximate surface area is 187 Å². The summed E-state index contributed by atoms with van der Waals surface area (Å²) in [4.78, 5) is 21.2. The van der Waals surface area contributed by atoms with E-state index in [-0.39, 0.29) is 23.3 Å². The summed E-state index contributed by atoms with van der Waals surface area (Å²) in [5.41, 5.74) is 1.67. The largest absolute Gasteiger partial charge is 0.394 e. The van der Waals surface area contributed by atoms with Crippen LogP contribution in [0.3, 0.4) is 0 Å². The zero-order chi connectivity index (χ0) is 21.2. The fraction of sp³-hybridized carbons (Fsp3) is 0.524. The standard InChI is InChI=1S/C21H23ClN6O2S/c22-13-9-23-18(24-10-13)12-2-6-28(7-3-12)20-25-16-14-8-15(14)31(30)17(16)19(26-20)27-21(11-29)4-1-5-21/h2,9-10,14-15,29H,1,3-8,11H2,(H,25,26,27)/t14?,15?,31-/m1/s1. The monoisotopic (exact) mass is 458 g/mol. The van der Waals surface area contributed by atoms with Crippen LogP contribution < -0.4 is 10.2 Å². The molecule has 2 N–H and O–H groups in total. The first-order valence-corrected chi connectivity index (χ1v) is 12.3. The predicted octanol–water partition coefficient (Wildman–Crippen LogP) is 2.52. The van der Waals surface area contributed by atoms with E-state index in [9.17, 15) is 9.32 Å². The Morgan fingerprint density at radius 2 is 2.10 bits per heavy atom. The van der Waals surface area contributed by atoms with Crippen molar-refractivity contribution in [3.63, 3.8) is 0 Å². The number of aliphatic hydroxyl groups excluding tert-OH is 1. The average Bonchev–Trinajstić information content (AvgIpc) is 3.52. The van der Waals surface area contributed by atoms with Gasteiger partial charge >= 0.3 is 0 Å². The highest BCUT2D eigenvalue weighted by Crippen LogP contribution is 2.56. The fourth-order valence-electron chi connectivity index (χ4n) is 4.69. The van der Waals surface area contributed by atoms with E-state index < -0.39 is 10.8 Å². The predicted molar refractivity (Wildman–Crippen MR) is 119 cm³/mol. The van der Waals surface area contributed by atoms with Crippen molar-refractivity contribution in [2.75, 3.05) is 29.9 Å². The number of aromatic nitrogens is 4. The second-order valence-corrected chi connectivity index (χ2v) is 10.9. The molecule has 6 rings (SSSR count). The smallest absolute Gasteiger partial charge is 0.227 e. The number of nitrogens with one attached hydrogen (secondary N) is 1. The molecule has 4 aliphatic rings. The first-order chi connectivity index (χ1) is 15.1. The van der Waals surface area contributed by atoms with Crippen molar-refractivity contribution in [2.45, 2.75) is 53.7 Å². The van der Waals surface area contributed by atoms with Crippen LogP contribution in [0.4, 0.5) is 11.8 Å². The number of fused-ring (bicyclic) bond motifs is 3. The van der Waals surface area contributed by atoms with E-state index in [0.717, 1.165) is 54.8 Å². The Kier molecular flexibility index (Phi) is 4.56. The van der Waals surface area contributed by atoms with Gasteiger partial charge < -0.3 is 15.3 Å². The molecule has 0 amide bonds. The van der Waals surface area contributed by atoms with Crippen molar-refractivity contribution >= 4 is 39.7 Å². The van der Waals surface area contributed by atoms with Gasteiger partial charge in [0.05, 0.1) is 33.7 Å². The summed E-state index contributed by atoms with van der Waals surface area (Å²) in [6.45, 7) is 1.46. The third kappa shape index (κ3) is 3.25. The van der Waals surface area contributed by atoms with Gasteiger partial charge in [-0.2, -0.15) is 4.98 Å². The van der Waals surface area contributed by atoms with Crippen LogP contribution in [0.5, 0.6) is 0 Å². The van der Waals surface area contributed by atoms with E-state index >= 15 is 0 Å². The normalized spacial score (nSPS) is 27.7. The molecule has 2 aromatic heterocycles. The van der Waals surface area contributed by atoms with Crippen LogP contribution in [-0.4, -0.2) is 59.7 Å². The second kappa shape index (κ2) is 7.21. The molecular weight excluding hydrogens is 436 g/mol. The van der Waals surface area contributed by atoms with Gasteiger partial charge in [0.2, 0.25) is 5.95 Å². The summed E-state index contributed by atoms with van der Waals surface area (Å²) in [5, 5.41) is 14.1. The van der Waals surface area contributed by atoms with Gasteiger partial charge in [-0.15, -0.1) is 0 Å². The van der Waals surface area contributed by atoms with Gasteiger partial charge in [0.15, 0.2) is 5.82 Å². The lowest BCUT2D eigenvalue weighted by atomic mass is 9.77. The average molecular weight is 459 g/mol. The quantitative estimate of drug-likeness (QED) is 0.704. The molecule has 10 heteroatoms. The Balaban J connectivity index is 1.31. The van der Waals surface area contributed by atoms with Crippen molar-refractivity contribution in [1.29, 1.82) is 0 Å². The molecule has 4 heterocycles. The topological polar surface area (TPSA) is 104 Å². The van der Waals surface area contributed by atoms with Crippen molar-refractivity contribution in [3.8, 4) is 0 Å². The molecule has 2 aliphatic carbocycles. The van der Waals surface area contributed by atoms with Crippen molar-refractivity contribution in [1.82, 2.24) is 19.9 Å². The Hall–Kier alpha value is -2.10. The van der Waals surface area contributed by atoms with Crippen LogP contribution in [0.1, 0.15) is 49.5 Å². The van der Waals surface area contributed by atoms with Crippen LogP contribution in [0.25, 0.3) is 5.57 Å². The molecule has 2 aromatic rings. The first kappa shape index (κ1) is 19.6. The van der Waals surface area contributed by atoms with Crippen molar-refractivity contribution < 1.29 is 9.32 Å².